The largest absolute Gasteiger partial charge is 1.00 e. The van der Waals surface area contributed by atoms with Crippen LogP contribution >= 0.6 is 11.6 Å². The van der Waals surface area contributed by atoms with Crippen molar-refractivity contribution in [3.8, 4) is 11.5 Å². The van der Waals surface area contributed by atoms with Gasteiger partial charge in [-0.2, -0.15) is 0 Å². The van der Waals surface area contributed by atoms with E-state index in [1.54, 1.807) is 19.8 Å². The Hall–Kier alpha value is -1.76. The first-order chi connectivity index (χ1) is 26.8. The molecule has 0 unspecified atom stereocenters. The number of carbonyl (C=O) groups is 1. The molecular formula is C45H53ClN2Na2O7. The Bertz CT molecular complexity index is 2020. The third kappa shape index (κ3) is 7.11. The molecule has 2 saturated carbocycles. The van der Waals surface area contributed by atoms with Crippen molar-refractivity contribution < 1.29 is 94.4 Å². The average Bonchev–Trinajstić information content (AvgIpc) is 4.15. The number of carbonyl (C=O) groups excluding carboxylic acids is 1. The SMILES string of the molecule is COC1=CC=C2[C@H]3Cc4ccc(C)c5c4[C@@]2(CCN3)[C@H]1O5.COC1=CC=C2[C@H]3Cc4ccc(C)c5c4[C@@]2(CCN3CC2CC2)[C@H]1O5.ClCC1CC1.O=CO[O-].[H-].[Na+].[Na+]. The second-order valence-corrected chi connectivity index (χ2v) is 17.2. The Labute approximate surface area is 387 Å². The Morgan fingerprint density at radius 3 is 1.89 bits per heavy atom. The van der Waals surface area contributed by atoms with Crippen molar-refractivity contribution >= 4 is 18.1 Å². The van der Waals surface area contributed by atoms with Crippen LogP contribution in [0.2, 0.25) is 0 Å². The van der Waals surface area contributed by atoms with E-state index < -0.39 is 0 Å². The molecule has 12 heteroatoms. The van der Waals surface area contributed by atoms with Gasteiger partial charge in [0.05, 0.1) is 25.0 Å². The molecule has 10 aliphatic rings. The third-order valence-corrected chi connectivity index (χ3v) is 14.3. The Morgan fingerprint density at radius 1 is 0.842 bits per heavy atom. The predicted octanol–water partition coefficient (Wildman–Crippen LogP) is 0.0770. The number of nitrogens with zero attached hydrogens (tertiary/aromatic N) is 1. The van der Waals surface area contributed by atoms with Crippen LogP contribution in [0.25, 0.3) is 0 Å². The molecule has 0 aromatic heterocycles. The number of rotatable bonds is 6. The van der Waals surface area contributed by atoms with E-state index in [2.05, 4.69) is 77.5 Å². The Morgan fingerprint density at radius 2 is 1.39 bits per heavy atom. The van der Waals surface area contributed by atoms with Gasteiger partial charge in [0.25, 0.3) is 6.47 Å². The fourth-order valence-electron chi connectivity index (χ4n) is 11.0. The maximum Gasteiger partial charge on any atom is 1.00 e. The second-order valence-electron chi connectivity index (χ2n) is 16.9. The van der Waals surface area contributed by atoms with Gasteiger partial charge in [0, 0.05) is 42.2 Å². The van der Waals surface area contributed by atoms with E-state index in [0.29, 0.717) is 12.1 Å². The number of piperidine rings is 2. The Kier molecular flexibility index (Phi) is 13.2. The molecule has 2 aromatic carbocycles. The minimum atomic E-state index is -0.181. The van der Waals surface area contributed by atoms with E-state index in [9.17, 15) is 0 Å². The van der Waals surface area contributed by atoms with Crippen LogP contribution in [0.15, 0.2) is 71.2 Å². The second kappa shape index (κ2) is 17.3. The van der Waals surface area contributed by atoms with Gasteiger partial charge in [0.15, 0.2) is 12.2 Å². The average molecular weight is 815 g/mol. The summed E-state index contributed by atoms with van der Waals surface area (Å²) in [5, 5.41) is 12.1. The molecule has 4 aliphatic heterocycles. The van der Waals surface area contributed by atoms with Crippen LogP contribution < -0.4 is 79.2 Å². The summed E-state index contributed by atoms with van der Waals surface area (Å²) in [6, 6.07) is 10.1. The van der Waals surface area contributed by atoms with Crippen molar-refractivity contribution in [2.24, 2.45) is 11.8 Å². The molecule has 2 saturated heterocycles. The van der Waals surface area contributed by atoms with Gasteiger partial charge in [-0.25, -0.2) is 0 Å². The van der Waals surface area contributed by atoms with E-state index in [-0.39, 0.29) is 90.1 Å². The van der Waals surface area contributed by atoms with Gasteiger partial charge in [-0.3, -0.25) is 9.69 Å². The van der Waals surface area contributed by atoms with Gasteiger partial charge < -0.3 is 35.8 Å². The molecule has 57 heavy (non-hydrogen) atoms. The summed E-state index contributed by atoms with van der Waals surface area (Å²) >= 11 is 5.40. The molecule has 4 fully saturated rings. The van der Waals surface area contributed by atoms with Crippen LogP contribution in [0.1, 0.15) is 73.3 Å². The van der Waals surface area contributed by atoms with Crippen molar-refractivity contribution in [2.75, 3.05) is 39.7 Å². The zero-order valence-electron chi connectivity index (χ0n) is 35.3. The van der Waals surface area contributed by atoms with Crippen molar-refractivity contribution in [3.63, 3.8) is 0 Å². The molecule has 6 atom stereocenters. The van der Waals surface area contributed by atoms with Crippen molar-refractivity contribution in [2.45, 2.75) is 100 Å². The smallest absolute Gasteiger partial charge is 1.00 e. The number of aryl methyl sites for hydroxylation is 2. The number of hydrogen-bond donors (Lipinski definition) is 1. The topological polar surface area (TPSA) is 102 Å². The number of benzene rings is 2. The van der Waals surface area contributed by atoms with Crippen molar-refractivity contribution in [3.05, 3.63) is 105 Å². The van der Waals surface area contributed by atoms with E-state index in [4.69, 9.17) is 40.6 Å². The zero-order chi connectivity index (χ0) is 38.1. The Balaban J connectivity index is 0.000000156. The number of methoxy groups -OCH3 is 2. The van der Waals surface area contributed by atoms with E-state index >= 15 is 0 Å². The van der Waals surface area contributed by atoms with Crippen LogP contribution in [0.5, 0.6) is 11.5 Å². The minimum absolute atomic E-state index is 0. The first kappa shape index (κ1) is 43.3. The number of ether oxygens (including phenoxy) is 4. The molecule has 0 amide bonds. The number of alkyl halides is 1. The fraction of sp³-hybridized carbons (Fsp3) is 0.533. The van der Waals surface area contributed by atoms with Gasteiger partial charge in [0.2, 0.25) is 0 Å². The molecule has 9 nitrogen and oxygen atoms in total. The van der Waals surface area contributed by atoms with Gasteiger partial charge >= 0.3 is 59.1 Å². The first-order valence-electron chi connectivity index (χ1n) is 20.1. The summed E-state index contributed by atoms with van der Waals surface area (Å²) in [7, 11) is 3.53. The summed E-state index contributed by atoms with van der Waals surface area (Å²) in [4.78, 5) is 14.0. The van der Waals surface area contributed by atoms with Crippen LogP contribution in [0.4, 0.5) is 0 Å². The number of likely N-dealkylation sites (tertiary alicyclic amines) is 1. The summed E-state index contributed by atoms with van der Waals surface area (Å²) in [5.74, 6) is 6.91. The fourth-order valence-corrected chi connectivity index (χ4v) is 11.3. The summed E-state index contributed by atoms with van der Waals surface area (Å²) in [5.41, 5.74) is 11.5. The molecule has 0 radical (unpaired) electrons. The molecule has 4 bridgehead atoms. The van der Waals surface area contributed by atoms with Crippen molar-refractivity contribution in [1.29, 1.82) is 0 Å². The molecule has 1 N–H and O–H groups in total. The van der Waals surface area contributed by atoms with Crippen LogP contribution in [-0.2, 0) is 42.8 Å². The predicted molar refractivity (Wildman–Crippen MR) is 209 cm³/mol. The van der Waals surface area contributed by atoms with Crippen LogP contribution in [0, 0.1) is 25.7 Å². The summed E-state index contributed by atoms with van der Waals surface area (Å²) < 4.78 is 24.4. The first-order valence-corrected chi connectivity index (χ1v) is 20.6. The number of nitrogens with one attached hydrogen (secondary N) is 1. The van der Waals surface area contributed by atoms with E-state index in [0.717, 1.165) is 73.0 Å². The number of hydrogen-bond acceptors (Lipinski definition) is 9. The molecule has 2 aromatic rings. The van der Waals surface area contributed by atoms with Gasteiger partial charge in [-0.1, -0.05) is 36.4 Å². The molecule has 6 aliphatic carbocycles. The molecule has 12 rings (SSSR count). The number of allylic oxidation sites excluding steroid dienone is 4. The quantitative estimate of drug-likeness (QED) is 0.143. The maximum atomic E-state index is 8.64. The van der Waals surface area contributed by atoms with Gasteiger partial charge in [0.1, 0.15) is 23.0 Å². The standard InChI is InChI=1S/C22H25NO2.C18H19NO2.C4H7Cl.CH2O3.2Na.H/c1-13-3-6-15-11-17-16-7-8-18(24-2)21-22(16,19(15)20(13)25-21)9-10-23(17)12-14-4-5-14;1-10-3-4-11-9-13-12-5-6-14(20-2)17-18(12,7-8-19-13)15(11)16(10)21-17;5-3-4-1-2-4;2-1-4-3;;;/h3,6-8,14,17,21H,4-5,9-12H2,1-2H3;3-6,13,17,19H,7-9H2,1-2H3;4H,1-3H2;1,3H;;;/q;;;;2*+1;-1/p-1/t17-,21+,22+;13-,17+,18+;;;;;/m11...../s1. The van der Waals surface area contributed by atoms with Crippen molar-refractivity contribution in [1.82, 2.24) is 10.2 Å². The van der Waals surface area contributed by atoms with E-state index in [1.807, 2.05) is 0 Å². The normalized spacial score (nSPS) is 30.4. The van der Waals surface area contributed by atoms with Gasteiger partial charge in [-0.15, -0.1) is 11.6 Å². The summed E-state index contributed by atoms with van der Waals surface area (Å²) in [6.45, 7) is 7.65. The maximum absolute atomic E-state index is 8.64. The third-order valence-electron chi connectivity index (χ3n) is 13.9. The minimum Gasteiger partial charge on any atom is -1.00 e. The molecule has 294 valence electrons. The zero-order valence-corrected chi connectivity index (χ0v) is 39.1. The van der Waals surface area contributed by atoms with Crippen LogP contribution in [-0.4, -0.2) is 75.4 Å². The monoisotopic (exact) mass is 814 g/mol. The van der Waals surface area contributed by atoms with E-state index in [1.165, 1.54) is 77.7 Å². The van der Waals surface area contributed by atoms with Gasteiger partial charge in [-0.05, 0) is 129 Å². The van der Waals surface area contributed by atoms with Crippen LogP contribution in [0.3, 0.4) is 0 Å². The summed E-state index contributed by atoms with van der Waals surface area (Å²) in [6.07, 6.45) is 19.0. The number of halogens is 1. The molecule has 4 heterocycles. The molecular weight excluding hydrogens is 762 g/mol. The molecule has 2 spiro atoms.